The Kier molecular flexibility index (Phi) is 7.22. The van der Waals surface area contributed by atoms with Crippen molar-refractivity contribution in [2.24, 2.45) is 0 Å². The van der Waals surface area contributed by atoms with Crippen molar-refractivity contribution in [1.82, 2.24) is 4.90 Å². The minimum Gasteiger partial charge on any atom is -0.464 e. The average Bonchev–Trinajstić information content (AvgIpc) is 3.20. The molecule has 1 N–H and O–H groups in total. The molecule has 1 aromatic heterocycles. The van der Waals surface area contributed by atoms with Crippen LogP contribution in [0.15, 0.2) is 47.1 Å². The molecule has 1 fully saturated rings. The SMILES string of the molecule is Cc1cc2occ(CC(=O)N(C)CC(=O)Nc3ccc(N4CCOCC4)cc3)c2cc1C(C)C. The van der Waals surface area contributed by atoms with Crippen LogP contribution in [0.5, 0.6) is 0 Å². The number of carbonyl (C=O) groups is 2. The lowest BCUT2D eigenvalue weighted by Gasteiger charge is -2.28. The van der Waals surface area contributed by atoms with Gasteiger partial charge in [0, 0.05) is 42.5 Å². The van der Waals surface area contributed by atoms with Crippen LogP contribution in [0.25, 0.3) is 11.0 Å². The molecule has 7 nitrogen and oxygen atoms in total. The largest absolute Gasteiger partial charge is 0.464 e. The number of hydrogen-bond acceptors (Lipinski definition) is 5. The molecule has 2 amide bonds. The van der Waals surface area contributed by atoms with Gasteiger partial charge in [0.05, 0.1) is 32.4 Å². The minimum atomic E-state index is -0.232. The molecule has 0 radical (unpaired) electrons. The highest BCUT2D eigenvalue weighted by molar-refractivity contribution is 5.95. The van der Waals surface area contributed by atoms with Crippen LogP contribution >= 0.6 is 0 Å². The number of furan rings is 1. The number of benzene rings is 2. The van der Waals surface area contributed by atoms with Gasteiger partial charge in [0.1, 0.15) is 5.58 Å². The Hall–Kier alpha value is -3.32. The molecule has 4 rings (SSSR count). The molecule has 7 heteroatoms. The molecule has 2 heterocycles. The van der Waals surface area contributed by atoms with Crippen LogP contribution in [0.4, 0.5) is 11.4 Å². The van der Waals surface area contributed by atoms with E-state index in [1.165, 1.54) is 16.0 Å². The van der Waals surface area contributed by atoms with Gasteiger partial charge in [0.2, 0.25) is 11.8 Å². The smallest absolute Gasteiger partial charge is 0.243 e. The second-order valence-corrected chi connectivity index (χ2v) is 9.24. The second-order valence-electron chi connectivity index (χ2n) is 9.24. The van der Waals surface area contributed by atoms with Gasteiger partial charge in [-0.2, -0.15) is 0 Å². The predicted molar refractivity (Wildman–Crippen MR) is 134 cm³/mol. The first-order valence-electron chi connectivity index (χ1n) is 11.8. The van der Waals surface area contributed by atoms with Gasteiger partial charge < -0.3 is 24.3 Å². The van der Waals surface area contributed by atoms with Crippen molar-refractivity contribution in [3.05, 3.63) is 59.4 Å². The molecule has 0 spiro atoms. The van der Waals surface area contributed by atoms with Crippen molar-refractivity contribution in [2.75, 3.05) is 50.1 Å². The van der Waals surface area contributed by atoms with Crippen LogP contribution in [0.1, 0.15) is 36.5 Å². The first-order valence-corrected chi connectivity index (χ1v) is 11.8. The van der Waals surface area contributed by atoms with Gasteiger partial charge in [-0.3, -0.25) is 9.59 Å². The number of anilines is 2. The van der Waals surface area contributed by atoms with Crippen molar-refractivity contribution in [2.45, 2.75) is 33.1 Å². The molecule has 1 aliphatic rings. The van der Waals surface area contributed by atoms with Gasteiger partial charge >= 0.3 is 0 Å². The zero-order valence-corrected chi connectivity index (χ0v) is 20.4. The summed E-state index contributed by atoms with van der Waals surface area (Å²) in [7, 11) is 1.65. The molecule has 2 aromatic carbocycles. The number of nitrogens with zero attached hydrogens (tertiary/aromatic N) is 2. The first kappa shape index (κ1) is 23.8. The van der Waals surface area contributed by atoms with E-state index in [0.717, 1.165) is 48.5 Å². The lowest BCUT2D eigenvalue weighted by Crippen LogP contribution is -2.36. The normalized spacial score (nSPS) is 14.0. The van der Waals surface area contributed by atoms with Crippen molar-refractivity contribution in [3.63, 3.8) is 0 Å². The summed E-state index contributed by atoms with van der Waals surface area (Å²) in [5.41, 5.74) is 5.87. The fourth-order valence-corrected chi connectivity index (χ4v) is 4.38. The van der Waals surface area contributed by atoms with Gasteiger partial charge in [0.25, 0.3) is 0 Å². The highest BCUT2D eigenvalue weighted by Gasteiger charge is 2.18. The number of carbonyl (C=O) groups excluding carboxylic acids is 2. The second kappa shape index (κ2) is 10.3. The molecule has 180 valence electrons. The molecule has 1 saturated heterocycles. The maximum Gasteiger partial charge on any atom is 0.243 e. The minimum absolute atomic E-state index is 0.0177. The summed E-state index contributed by atoms with van der Waals surface area (Å²) in [6.45, 7) is 9.55. The fraction of sp³-hybridized carbons (Fsp3) is 0.407. The van der Waals surface area contributed by atoms with E-state index in [1.54, 1.807) is 13.3 Å². The number of hydrogen-bond donors (Lipinski definition) is 1. The Bertz CT molecular complexity index is 1160. The van der Waals surface area contributed by atoms with Crippen LogP contribution in [0.2, 0.25) is 0 Å². The first-order chi connectivity index (χ1) is 16.3. The summed E-state index contributed by atoms with van der Waals surface area (Å²) < 4.78 is 11.1. The summed E-state index contributed by atoms with van der Waals surface area (Å²) >= 11 is 0. The molecule has 0 saturated carbocycles. The standard InChI is InChI=1S/C27H33N3O4/c1-18(2)23-15-24-20(17-34-25(24)13-19(23)3)14-27(32)29(4)16-26(31)28-21-5-7-22(8-6-21)30-9-11-33-12-10-30/h5-8,13,15,17-18H,9-12,14,16H2,1-4H3,(H,28,31). The Morgan fingerprint density at radius 1 is 1.12 bits per heavy atom. The number of nitrogens with one attached hydrogen (secondary N) is 1. The summed E-state index contributed by atoms with van der Waals surface area (Å²) in [6, 6.07) is 11.9. The molecule has 0 atom stereocenters. The van der Waals surface area contributed by atoms with Crippen LogP contribution in [0.3, 0.4) is 0 Å². The van der Waals surface area contributed by atoms with Crippen LogP contribution in [0, 0.1) is 6.92 Å². The molecule has 1 aliphatic heterocycles. The lowest BCUT2D eigenvalue weighted by atomic mass is 9.95. The lowest BCUT2D eigenvalue weighted by molar-refractivity contribution is -0.132. The fourth-order valence-electron chi connectivity index (χ4n) is 4.38. The Morgan fingerprint density at radius 2 is 1.82 bits per heavy atom. The predicted octanol–water partition coefficient (Wildman–Crippen LogP) is 4.34. The van der Waals surface area contributed by atoms with Crippen LogP contribution in [-0.4, -0.2) is 56.6 Å². The highest BCUT2D eigenvalue weighted by Crippen LogP contribution is 2.29. The molecular weight excluding hydrogens is 430 g/mol. The van der Waals surface area contributed by atoms with Crippen molar-refractivity contribution >= 4 is 34.2 Å². The number of fused-ring (bicyclic) bond motifs is 1. The quantitative estimate of drug-likeness (QED) is 0.564. The van der Waals surface area contributed by atoms with E-state index in [9.17, 15) is 9.59 Å². The van der Waals surface area contributed by atoms with Gasteiger partial charge in [-0.1, -0.05) is 13.8 Å². The molecule has 34 heavy (non-hydrogen) atoms. The third-order valence-electron chi connectivity index (χ3n) is 6.34. The summed E-state index contributed by atoms with van der Waals surface area (Å²) in [4.78, 5) is 29.1. The van der Waals surface area contributed by atoms with E-state index >= 15 is 0 Å². The number of ether oxygens (including phenoxy) is 1. The summed E-state index contributed by atoms with van der Waals surface area (Å²) in [6.07, 6.45) is 1.83. The monoisotopic (exact) mass is 463 g/mol. The zero-order chi connectivity index (χ0) is 24.2. The third-order valence-corrected chi connectivity index (χ3v) is 6.34. The Balaban J connectivity index is 1.34. The Morgan fingerprint density at radius 3 is 2.50 bits per heavy atom. The zero-order valence-electron chi connectivity index (χ0n) is 20.4. The van der Waals surface area contributed by atoms with Gasteiger partial charge in [0.15, 0.2) is 0 Å². The maximum absolute atomic E-state index is 12.8. The molecule has 0 aliphatic carbocycles. The third kappa shape index (κ3) is 5.42. The van der Waals surface area contributed by atoms with Crippen LogP contribution < -0.4 is 10.2 Å². The molecule has 0 unspecified atom stereocenters. The molecular formula is C27H33N3O4. The highest BCUT2D eigenvalue weighted by atomic mass is 16.5. The van der Waals surface area contributed by atoms with Gasteiger partial charge in [-0.15, -0.1) is 0 Å². The van der Waals surface area contributed by atoms with Crippen molar-refractivity contribution in [3.8, 4) is 0 Å². The average molecular weight is 464 g/mol. The number of likely N-dealkylation sites (N-methyl/N-ethyl adjacent to an activating group) is 1. The van der Waals surface area contributed by atoms with E-state index in [1.807, 2.05) is 30.3 Å². The van der Waals surface area contributed by atoms with Crippen molar-refractivity contribution < 1.29 is 18.7 Å². The molecule has 3 aromatic rings. The van der Waals surface area contributed by atoms with E-state index in [2.05, 4.69) is 37.1 Å². The van der Waals surface area contributed by atoms with E-state index in [0.29, 0.717) is 11.6 Å². The number of morpholine rings is 1. The number of aryl methyl sites for hydroxylation is 1. The van der Waals surface area contributed by atoms with E-state index in [4.69, 9.17) is 9.15 Å². The van der Waals surface area contributed by atoms with Gasteiger partial charge in [-0.25, -0.2) is 0 Å². The van der Waals surface area contributed by atoms with E-state index in [-0.39, 0.29) is 24.8 Å². The number of amides is 2. The van der Waals surface area contributed by atoms with Crippen LogP contribution in [-0.2, 0) is 20.7 Å². The summed E-state index contributed by atoms with van der Waals surface area (Å²) in [5.74, 6) is 0.0223. The maximum atomic E-state index is 12.8. The summed E-state index contributed by atoms with van der Waals surface area (Å²) in [5, 5.41) is 3.84. The van der Waals surface area contributed by atoms with Crippen molar-refractivity contribution in [1.29, 1.82) is 0 Å². The van der Waals surface area contributed by atoms with Gasteiger partial charge in [-0.05, 0) is 60.4 Å². The molecule has 0 bridgehead atoms. The topological polar surface area (TPSA) is 75.0 Å². The van der Waals surface area contributed by atoms with E-state index < -0.39 is 0 Å². The Labute approximate surface area is 200 Å². The number of rotatable bonds is 7.